The maximum Gasteiger partial charge on any atom is 0.264 e. The molecule has 12 rings (SSSR count). The number of methoxy groups -OCH3 is 2. The third-order valence-corrected chi connectivity index (χ3v) is 13.6. The highest BCUT2D eigenvalue weighted by Gasteiger charge is 2.35. The number of hydrogen-bond acceptors (Lipinski definition) is 13. The fourth-order valence-corrected chi connectivity index (χ4v) is 9.76. The summed E-state index contributed by atoms with van der Waals surface area (Å²) in [6, 6.07) is 18.5. The summed E-state index contributed by atoms with van der Waals surface area (Å²) in [6.45, 7) is 3.89. The zero-order valence-corrected chi connectivity index (χ0v) is 40.4. The summed E-state index contributed by atoms with van der Waals surface area (Å²) in [5.41, 5.74) is 15.5. The SMILES string of the molecule is CC[C@@H](c1nc2cccc(F)c2c(=O)n1C1CC1)n1nc(-c2ccc(OC)c(F)c2)c2c(N)ncnc21.CC[C@H](c1nc2cccc(F)c2c(=O)n1C1CC1)n1nc(-c2ccc(OC)c(F)c2)c2c(N)ccnc21. The fourth-order valence-electron chi connectivity index (χ4n) is 9.76. The van der Waals surface area contributed by atoms with Crippen LogP contribution in [-0.4, -0.2) is 67.8 Å². The van der Waals surface area contributed by atoms with E-state index in [2.05, 4.69) is 15.0 Å². The second kappa shape index (κ2) is 18.7. The monoisotopic (exact) mass is 1010 g/mol. The van der Waals surface area contributed by atoms with Gasteiger partial charge in [-0.2, -0.15) is 10.2 Å². The molecular formula is C53H47F4N13O4. The Morgan fingerprint density at radius 2 is 1.07 bits per heavy atom. The largest absolute Gasteiger partial charge is 0.494 e. The number of pyridine rings is 1. The van der Waals surface area contributed by atoms with Gasteiger partial charge >= 0.3 is 0 Å². The Hall–Kier alpha value is -8.75. The maximum atomic E-state index is 14.6. The van der Waals surface area contributed by atoms with E-state index in [0.29, 0.717) is 74.8 Å². The molecule has 0 radical (unpaired) electrons. The second-order valence-electron chi connectivity index (χ2n) is 18.2. The van der Waals surface area contributed by atoms with Gasteiger partial charge < -0.3 is 20.9 Å². The van der Waals surface area contributed by atoms with Crippen molar-refractivity contribution in [3.63, 3.8) is 0 Å². The number of rotatable bonds is 12. The van der Waals surface area contributed by atoms with Crippen molar-refractivity contribution in [2.24, 2.45) is 0 Å². The summed E-state index contributed by atoms with van der Waals surface area (Å²) in [6.07, 6.45) is 7.16. The molecule has 2 aliphatic rings. The van der Waals surface area contributed by atoms with Crippen LogP contribution in [0.1, 0.15) is 88.2 Å². The lowest BCUT2D eigenvalue weighted by molar-refractivity contribution is 0.386. The minimum atomic E-state index is -0.599. The summed E-state index contributed by atoms with van der Waals surface area (Å²) < 4.78 is 75.1. The molecule has 0 bridgehead atoms. The van der Waals surface area contributed by atoms with Crippen molar-refractivity contribution < 1.29 is 27.0 Å². The molecule has 2 aliphatic carbocycles. The van der Waals surface area contributed by atoms with Crippen molar-refractivity contribution in [3.05, 3.63) is 147 Å². The minimum absolute atomic E-state index is 0.0184. The average Bonchev–Trinajstić information content (AvgIpc) is 4.34. The number of benzene rings is 4. The van der Waals surface area contributed by atoms with Gasteiger partial charge in [0, 0.05) is 35.1 Å². The van der Waals surface area contributed by atoms with Gasteiger partial charge in [-0.25, -0.2) is 51.8 Å². The standard InChI is InChI=1S/C27H24F2N6O2.C26H23F2N7O2/c1-3-20(25-32-19-6-4-5-16(28)22(19)27(36)34(25)15-8-9-15)35-26-23(18(30)11-12-31-26)24(33-35)14-7-10-21(37-2)17(29)13-14;1-3-18(24-32-17-6-4-5-15(27)20(17)26(36)34(24)14-8-9-14)35-25-21(23(29)30-12-31-25)22(33-35)13-7-10-19(37-2)16(28)11-13/h4-7,10-13,15,20H,3,8-9H2,1-2H3,(H2,30,31);4-7,10-12,14,18H,3,8-9H2,1-2H3,(H2,29,30,31)/t20-;18-/m10/s1. The molecular weight excluding hydrogens is 959 g/mol. The number of nitrogens with two attached hydrogens (primary N) is 2. The molecule has 4 N–H and O–H groups in total. The molecule has 6 aromatic heterocycles. The van der Waals surface area contributed by atoms with Gasteiger partial charge in [0.2, 0.25) is 0 Å². The van der Waals surface area contributed by atoms with E-state index in [-0.39, 0.29) is 51.2 Å². The van der Waals surface area contributed by atoms with E-state index >= 15 is 0 Å². The van der Waals surface area contributed by atoms with Crippen LogP contribution in [0.25, 0.3) is 66.4 Å². The van der Waals surface area contributed by atoms with E-state index in [1.165, 1.54) is 69.1 Å². The fraction of sp³-hybridized carbons (Fsp3) is 0.264. The summed E-state index contributed by atoms with van der Waals surface area (Å²) in [4.78, 5) is 49.7. The van der Waals surface area contributed by atoms with Crippen molar-refractivity contribution in [2.45, 2.75) is 76.5 Å². The van der Waals surface area contributed by atoms with Gasteiger partial charge in [-0.05, 0) is 105 Å². The molecule has 21 heteroatoms. The highest BCUT2D eigenvalue weighted by atomic mass is 19.1. The molecule has 0 unspecified atom stereocenters. The lowest BCUT2D eigenvalue weighted by Crippen LogP contribution is -2.29. The lowest BCUT2D eigenvalue weighted by atomic mass is 10.1. The van der Waals surface area contributed by atoms with Crippen LogP contribution in [0.5, 0.6) is 11.5 Å². The molecule has 0 spiro atoms. The first-order chi connectivity index (χ1) is 35.8. The van der Waals surface area contributed by atoms with Crippen LogP contribution in [0.2, 0.25) is 0 Å². The van der Waals surface area contributed by atoms with Crippen molar-refractivity contribution in [1.29, 1.82) is 0 Å². The first-order valence-electron chi connectivity index (χ1n) is 24.1. The molecule has 376 valence electrons. The van der Waals surface area contributed by atoms with Crippen LogP contribution in [0.3, 0.4) is 0 Å². The smallest absolute Gasteiger partial charge is 0.264 e. The van der Waals surface area contributed by atoms with Gasteiger partial charge in [0.15, 0.2) is 34.4 Å². The Kier molecular flexibility index (Phi) is 12.0. The first kappa shape index (κ1) is 47.6. The molecule has 6 heterocycles. The summed E-state index contributed by atoms with van der Waals surface area (Å²) >= 11 is 0. The van der Waals surface area contributed by atoms with Crippen LogP contribution in [-0.2, 0) is 0 Å². The average molecular weight is 1010 g/mol. The van der Waals surface area contributed by atoms with E-state index in [1.807, 2.05) is 13.8 Å². The molecule has 2 atom stereocenters. The van der Waals surface area contributed by atoms with E-state index in [1.54, 1.807) is 55.0 Å². The number of nitrogens with zero attached hydrogens (tertiary/aromatic N) is 11. The molecule has 4 aromatic carbocycles. The Morgan fingerprint density at radius 3 is 1.51 bits per heavy atom. The van der Waals surface area contributed by atoms with Gasteiger partial charge in [-0.15, -0.1) is 0 Å². The zero-order chi connectivity index (χ0) is 51.7. The number of fused-ring (bicyclic) bond motifs is 4. The molecule has 2 saturated carbocycles. The van der Waals surface area contributed by atoms with Crippen molar-refractivity contribution in [1.82, 2.24) is 53.6 Å². The van der Waals surface area contributed by atoms with E-state index in [0.717, 1.165) is 25.7 Å². The third kappa shape index (κ3) is 7.98. The number of ether oxygens (including phenoxy) is 2. The van der Waals surface area contributed by atoms with Crippen LogP contribution in [0.15, 0.2) is 101 Å². The van der Waals surface area contributed by atoms with Crippen molar-refractivity contribution in [3.8, 4) is 34.0 Å². The highest BCUT2D eigenvalue weighted by molar-refractivity contribution is 6.00. The first-order valence-corrected chi connectivity index (χ1v) is 24.1. The Morgan fingerprint density at radius 1 is 0.595 bits per heavy atom. The Balaban J connectivity index is 0.000000159. The van der Waals surface area contributed by atoms with Gasteiger partial charge in [-0.3, -0.25) is 18.7 Å². The minimum Gasteiger partial charge on any atom is -0.494 e. The van der Waals surface area contributed by atoms with Gasteiger partial charge in [0.05, 0.1) is 36.0 Å². The van der Waals surface area contributed by atoms with Gasteiger partial charge in [-0.1, -0.05) is 26.0 Å². The lowest BCUT2D eigenvalue weighted by Gasteiger charge is -2.21. The molecule has 2 fully saturated rings. The summed E-state index contributed by atoms with van der Waals surface area (Å²) in [5.74, 6) is -0.925. The second-order valence-corrected chi connectivity index (χ2v) is 18.2. The Labute approximate surface area is 418 Å². The van der Waals surface area contributed by atoms with Gasteiger partial charge in [0.25, 0.3) is 11.1 Å². The molecule has 0 aliphatic heterocycles. The quantitative estimate of drug-likeness (QED) is 0.109. The van der Waals surface area contributed by atoms with Crippen molar-refractivity contribution >= 4 is 55.4 Å². The highest BCUT2D eigenvalue weighted by Crippen LogP contribution is 2.42. The molecule has 0 saturated heterocycles. The predicted molar refractivity (Wildman–Crippen MR) is 271 cm³/mol. The van der Waals surface area contributed by atoms with Crippen LogP contribution >= 0.6 is 0 Å². The predicted octanol–water partition coefficient (Wildman–Crippen LogP) is 9.42. The van der Waals surface area contributed by atoms with Crippen LogP contribution < -0.4 is 32.1 Å². The third-order valence-electron chi connectivity index (χ3n) is 13.6. The molecule has 10 aromatic rings. The van der Waals surface area contributed by atoms with Gasteiger partial charge in [0.1, 0.15) is 69.7 Å². The molecule has 17 nitrogen and oxygen atoms in total. The van der Waals surface area contributed by atoms with E-state index < -0.39 is 46.5 Å². The van der Waals surface area contributed by atoms with Crippen LogP contribution in [0.4, 0.5) is 29.1 Å². The molecule has 0 amide bonds. The number of aromatic nitrogens is 11. The Bertz CT molecular complexity index is 3740. The number of nitrogen functional groups attached to an aromatic ring is 2. The van der Waals surface area contributed by atoms with E-state index in [4.69, 9.17) is 41.1 Å². The summed E-state index contributed by atoms with van der Waals surface area (Å²) in [7, 11) is 2.79. The molecule has 74 heavy (non-hydrogen) atoms. The normalized spacial score (nSPS) is 14.4. The summed E-state index contributed by atoms with van der Waals surface area (Å²) in [5, 5.41) is 10.6. The number of hydrogen-bond donors (Lipinski definition) is 2. The van der Waals surface area contributed by atoms with Crippen molar-refractivity contribution in [2.75, 3.05) is 25.7 Å². The maximum absolute atomic E-state index is 14.6. The number of anilines is 2. The van der Waals surface area contributed by atoms with Crippen LogP contribution in [0, 0.1) is 23.3 Å². The number of halogens is 4. The topological polar surface area (TPSA) is 215 Å². The zero-order valence-electron chi connectivity index (χ0n) is 40.4. The van der Waals surface area contributed by atoms with E-state index in [9.17, 15) is 27.2 Å².